The molecule has 1 aliphatic heterocycles. The van der Waals surface area contributed by atoms with Crippen molar-refractivity contribution >= 4 is 0 Å². The van der Waals surface area contributed by atoms with Gasteiger partial charge in [-0.15, -0.1) is 0 Å². The van der Waals surface area contributed by atoms with Crippen molar-refractivity contribution in [1.29, 1.82) is 0 Å². The van der Waals surface area contributed by atoms with E-state index in [-0.39, 0.29) is 0 Å². The van der Waals surface area contributed by atoms with E-state index in [0.717, 1.165) is 26.2 Å². The largest absolute Gasteiger partial charge is 0.377 e. The molecule has 0 amide bonds. The third-order valence-corrected chi connectivity index (χ3v) is 3.26. The molecule has 15 heavy (non-hydrogen) atoms. The monoisotopic (exact) mass is 214 g/mol. The highest BCUT2D eigenvalue weighted by Crippen LogP contribution is 2.14. The lowest BCUT2D eigenvalue weighted by Gasteiger charge is -2.27. The van der Waals surface area contributed by atoms with E-state index in [9.17, 15) is 0 Å². The SMILES string of the molecule is CCNCCC(C)N(C)CC1CCCO1. The highest BCUT2D eigenvalue weighted by molar-refractivity contribution is 4.72. The van der Waals surface area contributed by atoms with Crippen LogP contribution in [0.4, 0.5) is 0 Å². The van der Waals surface area contributed by atoms with Crippen LogP contribution in [0.15, 0.2) is 0 Å². The molecule has 0 aromatic heterocycles. The van der Waals surface area contributed by atoms with E-state index in [4.69, 9.17) is 4.74 Å². The zero-order valence-electron chi connectivity index (χ0n) is 10.5. The molecule has 90 valence electrons. The fraction of sp³-hybridized carbons (Fsp3) is 1.00. The molecular formula is C12H26N2O. The quantitative estimate of drug-likeness (QED) is 0.650. The van der Waals surface area contributed by atoms with Crippen LogP contribution in [0.3, 0.4) is 0 Å². The molecule has 0 saturated carbocycles. The Hall–Kier alpha value is -0.120. The molecule has 3 nitrogen and oxygen atoms in total. The first-order chi connectivity index (χ1) is 7.24. The minimum Gasteiger partial charge on any atom is -0.377 e. The second-order valence-corrected chi connectivity index (χ2v) is 4.57. The normalized spacial score (nSPS) is 23.6. The summed E-state index contributed by atoms with van der Waals surface area (Å²) in [6, 6.07) is 0.647. The average molecular weight is 214 g/mol. The molecule has 0 spiro atoms. The van der Waals surface area contributed by atoms with Gasteiger partial charge in [0.25, 0.3) is 0 Å². The number of hydrogen-bond donors (Lipinski definition) is 1. The van der Waals surface area contributed by atoms with Crippen LogP contribution in [-0.4, -0.2) is 50.3 Å². The van der Waals surface area contributed by atoms with Gasteiger partial charge in [0.2, 0.25) is 0 Å². The summed E-state index contributed by atoms with van der Waals surface area (Å²) in [5.41, 5.74) is 0. The van der Waals surface area contributed by atoms with Crippen LogP contribution in [0.2, 0.25) is 0 Å². The zero-order valence-corrected chi connectivity index (χ0v) is 10.5. The average Bonchev–Trinajstić information content (AvgIpc) is 2.70. The number of likely N-dealkylation sites (N-methyl/N-ethyl adjacent to an activating group) is 1. The number of nitrogens with zero attached hydrogens (tertiary/aromatic N) is 1. The zero-order chi connectivity index (χ0) is 11.1. The van der Waals surface area contributed by atoms with Crippen molar-refractivity contribution < 1.29 is 4.74 Å². The van der Waals surface area contributed by atoms with E-state index < -0.39 is 0 Å². The van der Waals surface area contributed by atoms with Crippen LogP contribution < -0.4 is 5.32 Å². The van der Waals surface area contributed by atoms with E-state index in [1.54, 1.807) is 0 Å². The first-order valence-corrected chi connectivity index (χ1v) is 6.26. The second-order valence-electron chi connectivity index (χ2n) is 4.57. The topological polar surface area (TPSA) is 24.5 Å². The van der Waals surface area contributed by atoms with Gasteiger partial charge in [0.15, 0.2) is 0 Å². The Morgan fingerprint density at radius 1 is 1.53 bits per heavy atom. The lowest BCUT2D eigenvalue weighted by molar-refractivity contribution is 0.0692. The van der Waals surface area contributed by atoms with E-state index >= 15 is 0 Å². The molecule has 1 saturated heterocycles. The van der Waals surface area contributed by atoms with Crippen molar-refractivity contribution in [2.45, 2.75) is 45.3 Å². The maximum Gasteiger partial charge on any atom is 0.0702 e. The molecule has 0 aromatic carbocycles. The van der Waals surface area contributed by atoms with Gasteiger partial charge < -0.3 is 15.0 Å². The molecule has 1 N–H and O–H groups in total. The van der Waals surface area contributed by atoms with Gasteiger partial charge in [0, 0.05) is 19.2 Å². The van der Waals surface area contributed by atoms with Gasteiger partial charge in [-0.2, -0.15) is 0 Å². The Morgan fingerprint density at radius 2 is 2.33 bits per heavy atom. The number of hydrogen-bond acceptors (Lipinski definition) is 3. The van der Waals surface area contributed by atoms with E-state index in [1.807, 2.05) is 0 Å². The molecule has 1 rings (SSSR count). The molecule has 1 fully saturated rings. The molecular weight excluding hydrogens is 188 g/mol. The fourth-order valence-corrected chi connectivity index (χ4v) is 2.00. The number of rotatable bonds is 7. The van der Waals surface area contributed by atoms with Crippen molar-refractivity contribution in [3.8, 4) is 0 Å². The number of nitrogens with one attached hydrogen (secondary N) is 1. The third kappa shape index (κ3) is 4.96. The summed E-state index contributed by atoms with van der Waals surface area (Å²) in [5, 5.41) is 3.37. The molecule has 0 aromatic rings. The molecule has 0 radical (unpaired) electrons. The van der Waals surface area contributed by atoms with Crippen molar-refractivity contribution in [2.24, 2.45) is 0 Å². The Kier molecular flexibility index (Phi) is 6.22. The number of ether oxygens (including phenoxy) is 1. The van der Waals surface area contributed by atoms with Gasteiger partial charge in [-0.1, -0.05) is 6.92 Å². The van der Waals surface area contributed by atoms with Crippen molar-refractivity contribution in [3.63, 3.8) is 0 Å². The molecule has 1 aliphatic rings. The Morgan fingerprint density at radius 3 is 2.93 bits per heavy atom. The Bertz CT molecular complexity index is 158. The van der Waals surface area contributed by atoms with Gasteiger partial charge >= 0.3 is 0 Å². The molecule has 0 bridgehead atoms. The third-order valence-electron chi connectivity index (χ3n) is 3.26. The summed E-state index contributed by atoms with van der Waals surface area (Å²) >= 11 is 0. The van der Waals surface area contributed by atoms with Crippen LogP contribution >= 0.6 is 0 Å². The second kappa shape index (κ2) is 7.20. The molecule has 2 atom stereocenters. The minimum atomic E-state index is 0.483. The Balaban J connectivity index is 2.11. The van der Waals surface area contributed by atoms with E-state index in [1.165, 1.54) is 19.3 Å². The van der Waals surface area contributed by atoms with Gasteiger partial charge in [-0.25, -0.2) is 0 Å². The van der Waals surface area contributed by atoms with Crippen molar-refractivity contribution in [2.75, 3.05) is 33.3 Å². The summed E-state index contributed by atoms with van der Waals surface area (Å²) in [4.78, 5) is 2.42. The molecule has 1 heterocycles. The van der Waals surface area contributed by atoms with Crippen molar-refractivity contribution in [1.82, 2.24) is 10.2 Å². The van der Waals surface area contributed by atoms with Crippen LogP contribution in [0.1, 0.15) is 33.1 Å². The maximum absolute atomic E-state index is 5.64. The van der Waals surface area contributed by atoms with Gasteiger partial charge in [-0.3, -0.25) is 0 Å². The predicted molar refractivity (Wildman–Crippen MR) is 64.2 cm³/mol. The minimum absolute atomic E-state index is 0.483. The smallest absolute Gasteiger partial charge is 0.0702 e. The van der Waals surface area contributed by atoms with Crippen LogP contribution in [0.25, 0.3) is 0 Å². The lowest BCUT2D eigenvalue weighted by Crippen LogP contribution is -2.37. The summed E-state index contributed by atoms with van der Waals surface area (Å²) in [6.45, 7) is 8.69. The van der Waals surface area contributed by atoms with E-state index in [2.05, 4.69) is 31.1 Å². The highest BCUT2D eigenvalue weighted by Gasteiger charge is 2.19. The molecule has 0 aliphatic carbocycles. The van der Waals surface area contributed by atoms with Crippen LogP contribution in [0.5, 0.6) is 0 Å². The highest BCUT2D eigenvalue weighted by atomic mass is 16.5. The van der Waals surface area contributed by atoms with E-state index in [0.29, 0.717) is 12.1 Å². The predicted octanol–water partition coefficient (Wildman–Crippen LogP) is 1.49. The first-order valence-electron chi connectivity index (χ1n) is 6.26. The Labute approximate surface area is 94.2 Å². The van der Waals surface area contributed by atoms with Crippen LogP contribution in [0, 0.1) is 0 Å². The lowest BCUT2D eigenvalue weighted by atomic mass is 10.1. The summed E-state index contributed by atoms with van der Waals surface area (Å²) in [7, 11) is 2.21. The summed E-state index contributed by atoms with van der Waals surface area (Å²) in [5.74, 6) is 0. The van der Waals surface area contributed by atoms with Crippen LogP contribution in [-0.2, 0) is 4.74 Å². The van der Waals surface area contributed by atoms with Gasteiger partial charge in [0.1, 0.15) is 0 Å². The molecule has 3 heteroatoms. The fourth-order valence-electron chi connectivity index (χ4n) is 2.00. The summed E-state index contributed by atoms with van der Waals surface area (Å²) < 4.78 is 5.64. The maximum atomic E-state index is 5.64. The first kappa shape index (κ1) is 12.9. The summed E-state index contributed by atoms with van der Waals surface area (Å²) in [6.07, 6.45) is 4.18. The standard InChI is InChI=1S/C12H26N2O/c1-4-13-8-7-11(2)14(3)10-12-6-5-9-15-12/h11-13H,4-10H2,1-3H3. The molecule has 2 unspecified atom stereocenters. The van der Waals surface area contributed by atoms with Gasteiger partial charge in [0.05, 0.1) is 6.10 Å². The van der Waals surface area contributed by atoms with Crippen molar-refractivity contribution in [3.05, 3.63) is 0 Å². The van der Waals surface area contributed by atoms with Gasteiger partial charge in [-0.05, 0) is 46.3 Å².